The van der Waals surface area contributed by atoms with Gasteiger partial charge in [-0.3, -0.25) is 4.90 Å². The zero-order valence-corrected chi connectivity index (χ0v) is 11.4. The lowest BCUT2D eigenvalue weighted by Gasteiger charge is -2.32. The van der Waals surface area contributed by atoms with E-state index in [2.05, 4.69) is 37.6 Å². The standard InChI is InChI=1S/C13H29N3/c1-11(2)7-16-9-12(3)8-15(4)10-13(16)5-6-14/h11-13H,5-10,14H2,1-4H3. The summed E-state index contributed by atoms with van der Waals surface area (Å²) in [5.74, 6) is 1.52. The number of nitrogens with two attached hydrogens (primary N) is 1. The fraction of sp³-hybridized carbons (Fsp3) is 1.00. The minimum absolute atomic E-state index is 0.655. The van der Waals surface area contributed by atoms with E-state index in [0.29, 0.717) is 6.04 Å². The van der Waals surface area contributed by atoms with Crippen molar-refractivity contribution in [1.82, 2.24) is 9.80 Å². The second-order valence-electron chi connectivity index (χ2n) is 5.91. The molecule has 1 saturated heterocycles. The van der Waals surface area contributed by atoms with E-state index in [1.807, 2.05) is 0 Å². The zero-order valence-electron chi connectivity index (χ0n) is 11.4. The summed E-state index contributed by atoms with van der Waals surface area (Å²) in [6, 6.07) is 0.655. The van der Waals surface area contributed by atoms with Crippen molar-refractivity contribution in [3.05, 3.63) is 0 Å². The highest BCUT2D eigenvalue weighted by atomic mass is 15.2. The van der Waals surface area contributed by atoms with Crippen LogP contribution < -0.4 is 5.73 Å². The molecule has 0 aromatic carbocycles. The second kappa shape index (κ2) is 6.58. The third-order valence-electron chi connectivity index (χ3n) is 3.31. The van der Waals surface area contributed by atoms with E-state index in [1.165, 1.54) is 26.2 Å². The Morgan fingerprint density at radius 3 is 2.50 bits per heavy atom. The zero-order chi connectivity index (χ0) is 12.1. The molecule has 3 heteroatoms. The Balaban J connectivity index is 2.64. The summed E-state index contributed by atoms with van der Waals surface area (Å²) >= 11 is 0. The van der Waals surface area contributed by atoms with Gasteiger partial charge in [-0.2, -0.15) is 0 Å². The molecule has 1 rings (SSSR count). The first-order chi connectivity index (χ1) is 7.52. The van der Waals surface area contributed by atoms with Crippen LogP contribution in [0.2, 0.25) is 0 Å². The molecule has 1 aliphatic rings. The maximum absolute atomic E-state index is 5.74. The minimum atomic E-state index is 0.655. The highest BCUT2D eigenvalue weighted by Gasteiger charge is 2.26. The molecule has 2 atom stereocenters. The molecular formula is C13H29N3. The fourth-order valence-electron chi connectivity index (χ4n) is 2.85. The van der Waals surface area contributed by atoms with E-state index < -0.39 is 0 Å². The first-order valence-electron chi connectivity index (χ1n) is 6.65. The molecule has 96 valence electrons. The van der Waals surface area contributed by atoms with Crippen LogP contribution in [0.3, 0.4) is 0 Å². The molecule has 0 bridgehead atoms. The van der Waals surface area contributed by atoms with Crippen molar-refractivity contribution < 1.29 is 0 Å². The van der Waals surface area contributed by atoms with E-state index in [1.54, 1.807) is 0 Å². The predicted molar refractivity (Wildman–Crippen MR) is 70.5 cm³/mol. The van der Waals surface area contributed by atoms with Crippen LogP contribution in [-0.4, -0.2) is 55.6 Å². The van der Waals surface area contributed by atoms with E-state index in [-0.39, 0.29) is 0 Å². The molecule has 0 aromatic rings. The van der Waals surface area contributed by atoms with Gasteiger partial charge in [0.1, 0.15) is 0 Å². The molecule has 0 aromatic heterocycles. The first kappa shape index (κ1) is 13.9. The predicted octanol–water partition coefficient (Wildman–Crippen LogP) is 1.24. The monoisotopic (exact) mass is 227 g/mol. The minimum Gasteiger partial charge on any atom is -0.330 e. The van der Waals surface area contributed by atoms with E-state index >= 15 is 0 Å². The van der Waals surface area contributed by atoms with Gasteiger partial charge in [0, 0.05) is 32.2 Å². The van der Waals surface area contributed by atoms with E-state index in [4.69, 9.17) is 5.73 Å². The molecule has 2 N–H and O–H groups in total. The molecule has 0 amide bonds. The Kier molecular flexibility index (Phi) is 5.73. The Morgan fingerprint density at radius 1 is 1.25 bits per heavy atom. The lowest BCUT2D eigenvalue weighted by Crippen LogP contribution is -2.43. The Morgan fingerprint density at radius 2 is 1.94 bits per heavy atom. The number of nitrogens with zero attached hydrogens (tertiary/aromatic N) is 2. The summed E-state index contributed by atoms with van der Waals surface area (Å²) in [4.78, 5) is 5.12. The van der Waals surface area contributed by atoms with Gasteiger partial charge in [0.05, 0.1) is 0 Å². The molecule has 2 unspecified atom stereocenters. The molecule has 0 saturated carbocycles. The summed E-state index contributed by atoms with van der Waals surface area (Å²) < 4.78 is 0. The van der Waals surface area contributed by atoms with Crippen LogP contribution in [-0.2, 0) is 0 Å². The quantitative estimate of drug-likeness (QED) is 0.784. The van der Waals surface area contributed by atoms with Gasteiger partial charge in [-0.05, 0) is 31.8 Å². The molecule has 16 heavy (non-hydrogen) atoms. The topological polar surface area (TPSA) is 32.5 Å². The van der Waals surface area contributed by atoms with Crippen LogP contribution in [0.4, 0.5) is 0 Å². The summed E-state index contributed by atoms with van der Waals surface area (Å²) in [7, 11) is 2.24. The molecule has 0 spiro atoms. The van der Waals surface area contributed by atoms with Crippen LogP contribution >= 0.6 is 0 Å². The lowest BCUT2D eigenvalue weighted by molar-refractivity contribution is 0.157. The molecule has 3 nitrogen and oxygen atoms in total. The first-order valence-corrected chi connectivity index (χ1v) is 6.65. The van der Waals surface area contributed by atoms with Crippen LogP contribution in [0.5, 0.6) is 0 Å². The van der Waals surface area contributed by atoms with Crippen molar-refractivity contribution in [3.63, 3.8) is 0 Å². The second-order valence-corrected chi connectivity index (χ2v) is 5.91. The van der Waals surface area contributed by atoms with Crippen molar-refractivity contribution in [1.29, 1.82) is 0 Å². The summed E-state index contributed by atoms with van der Waals surface area (Å²) in [6.45, 7) is 12.6. The number of hydrogen-bond acceptors (Lipinski definition) is 3. The highest BCUT2D eigenvalue weighted by molar-refractivity contribution is 4.82. The molecule has 1 heterocycles. The largest absolute Gasteiger partial charge is 0.330 e. The van der Waals surface area contributed by atoms with E-state index in [0.717, 1.165) is 24.8 Å². The van der Waals surface area contributed by atoms with Gasteiger partial charge < -0.3 is 10.6 Å². The van der Waals surface area contributed by atoms with Gasteiger partial charge in [-0.1, -0.05) is 20.8 Å². The van der Waals surface area contributed by atoms with Gasteiger partial charge >= 0.3 is 0 Å². The Bertz CT molecular complexity index is 194. The van der Waals surface area contributed by atoms with Gasteiger partial charge in [-0.15, -0.1) is 0 Å². The molecule has 1 fully saturated rings. The van der Waals surface area contributed by atoms with Crippen molar-refractivity contribution in [2.75, 3.05) is 39.8 Å². The Hall–Kier alpha value is -0.120. The molecule has 0 aliphatic carbocycles. The normalized spacial score (nSPS) is 29.6. The smallest absolute Gasteiger partial charge is 0.0235 e. The highest BCUT2D eigenvalue weighted by Crippen LogP contribution is 2.16. The Labute approximate surface area is 101 Å². The fourth-order valence-corrected chi connectivity index (χ4v) is 2.85. The number of likely N-dealkylation sites (N-methyl/N-ethyl adjacent to an activating group) is 1. The number of rotatable bonds is 4. The van der Waals surface area contributed by atoms with Gasteiger partial charge in [0.15, 0.2) is 0 Å². The van der Waals surface area contributed by atoms with Gasteiger partial charge in [-0.25, -0.2) is 0 Å². The number of hydrogen-bond donors (Lipinski definition) is 1. The third-order valence-corrected chi connectivity index (χ3v) is 3.31. The van der Waals surface area contributed by atoms with Crippen molar-refractivity contribution in [2.45, 2.75) is 33.2 Å². The van der Waals surface area contributed by atoms with E-state index in [9.17, 15) is 0 Å². The van der Waals surface area contributed by atoms with Crippen LogP contribution in [0.1, 0.15) is 27.2 Å². The maximum Gasteiger partial charge on any atom is 0.0235 e. The van der Waals surface area contributed by atoms with Gasteiger partial charge in [0.2, 0.25) is 0 Å². The summed E-state index contributed by atoms with van der Waals surface area (Å²) in [6.07, 6.45) is 1.13. The van der Waals surface area contributed by atoms with Crippen LogP contribution in [0, 0.1) is 11.8 Å². The SMILES string of the molecule is CC(C)CN1CC(C)CN(C)CC1CCN. The van der Waals surface area contributed by atoms with Crippen molar-refractivity contribution in [2.24, 2.45) is 17.6 Å². The van der Waals surface area contributed by atoms with Gasteiger partial charge in [0.25, 0.3) is 0 Å². The average molecular weight is 227 g/mol. The average Bonchev–Trinajstić information content (AvgIpc) is 2.25. The molecular weight excluding hydrogens is 198 g/mol. The van der Waals surface area contributed by atoms with Crippen molar-refractivity contribution >= 4 is 0 Å². The van der Waals surface area contributed by atoms with Crippen LogP contribution in [0.15, 0.2) is 0 Å². The van der Waals surface area contributed by atoms with Crippen LogP contribution in [0.25, 0.3) is 0 Å². The summed E-state index contributed by atoms with van der Waals surface area (Å²) in [5, 5.41) is 0. The maximum atomic E-state index is 5.74. The molecule has 1 aliphatic heterocycles. The van der Waals surface area contributed by atoms with Crippen molar-refractivity contribution in [3.8, 4) is 0 Å². The molecule has 0 radical (unpaired) electrons. The lowest BCUT2D eigenvalue weighted by atomic mass is 10.1. The third kappa shape index (κ3) is 4.40. The summed E-state index contributed by atoms with van der Waals surface area (Å²) in [5.41, 5.74) is 5.74.